The van der Waals surface area contributed by atoms with Crippen LogP contribution in [0.4, 0.5) is 5.69 Å². The quantitative estimate of drug-likeness (QED) is 0.269. The van der Waals surface area contributed by atoms with Gasteiger partial charge < -0.3 is 9.47 Å². The first-order valence-electron chi connectivity index (χ1n) is 5.76. The maximum absolute atomic E-state index is 11.6. The van der Waals surface area contributed by atoms with Gasteiger partial charge >= 0.3 is 11.9 Å². The van der Waals surface area contributed by atoms with Crippen LogP contribution in [0.2, 0.25) is 0 Å². The predicted octanol–water partition coefficient (Wildman–Crippen LogP) is 2.06. The molecule has 1 aromatic rings. The summed E-state index contributed by atoms with van der Waals surface area (Å²) in [6.07, 6.45) is 1.11. The van der Waals surface area contributed by atoms with Crippen LogP contribution in [-0.4, -0.2) is 23.5 Å². The van der Waals surface area contributed by atoms with Crippen molar-refractivity contribution in [2.75, 3.05) is 6.61 Å². The van der Waals surface area contributed by atoms with E-state index in [9.17, 15) is 19.7 Å². The minimum Gasteiger partial charge on any atom is -0.460 e. The van der Waals surface area contributed by atoms with Crippen LogP contribution in [0.1, 0.15) is 19.4 Å². The lowest BCUT2D eigenvalue weighted by molar-refractivity contribution is -0.385. The standard InChI is InChI=1S/C13H13NO6/c1-3-19-13(16)12(20-9(2)15)8-10-6-4-5-7-11(10)14(17)18/h4-8H,3H2,1-2H3. The van der Waals surface area contributed by atoms with Crippen molar-refractivity contribution in [3.8, 4) is 0 Å². The van der Waals surface area contributed by atoms with E-state index in [1.165, 1.54) is 18.2 Å². The Bertz CT molecular complexity index is 564. The molecule has 0 aliphatic heterocycles. The highest BCUT2D eigenvalue weighted by atomic mass is 16.6. The van der Waals surface area contributed by atoms with E-state index in [2.05, 4.69) is 0 Å². The second-order valence-corrected chi connectivity index (χ2v) is 3.64. The molecule has 0 amide bonds. The number of rotatable bonds is 5. The smallest absolute Gasteiger partial charge is 0.374 e. The number of nitro benzene ring substituents is 1. The summed E-state index contributed by atoms with van der Waals surface area (Å²) in [4.78, 5) is 32.9. The van der Waals surface area contributed by atoms with Crippen molar-refractivity contribution in [1.82, 2.24) is 0 Å². The zero-order chi connectivity index (χ0) is 15.1. The maximum Gasteiger partial charge on any atom is 0.374 e. The Balaban J connectivity index is 3.22. The fraction of sp³-hybridized carbons (Fsp3) is 0.231. The van der Waals surface area contributed by atoms with Crippen LogP contribution < -0.4 is 0 Å². The normalized spacial score (nSPS) is 10.8. The van der Waals surface area contributed by atoms with E-state index in [4.69, 9.17) is 9.47 Å². The van der Waals surface area contributed by atoms with Crippen molar-refractivity contribution < 1.29 is 24.0 Å². The van der Waals surface area contributed by atoms with Gasteiger partial charge in [0, 0.05) is 19.1 Å². The molecule has 0 aromatic heterocycles. The maximum atomic E-state index is 11.6. The van der Waals surface area contributed by atoms with Crippen molar-refractivity contribution >= 4 is 23.7 Å². The minimum absolute atomic E-state index is 0.0916. The molecule has 1 rings (SSSR count). The van der Waals surface area contributed by atoms with Gasteiger partial charge in [-0.25, -0.2) is 4.79 Å². The SMILES string of the molecule is CCOC(=O)C(=Cc1ccccc1[N+](=O)[O-])OC(C)=O. The van der Waals surface area contributed by atoms with Gasteiger partial charge in [-0.05, 0) is 13.0 Å². The Morgan fingerprint density at radius 1 is 1.35 bits per heavy atom. The molecule has 0 unspecified atom stereocenters. The Morgan fingerprint density at radius 3 is 2.55 bits per heavy atom. The largest absolute Gasteiger partial charge is 0.460 e. The molecule has 0 aliphatic carbocycles. The summed E-state index contributed by atoms with van der Waals surface area (Å²) >= 11 is 0. The van der Waals surface area contributed by atoms with Gasteiger partial charge in [0.05, 0.1) is 17.1 Å². The summed E-state index contributed by atoms with van der Waals surface area (Å²) in [6.45, 7) is 2.80. The number of ether oxygens (including phenoxy) is 2. The van der Waals surface area contributed by atoms with E-state index >= 15 is 0 Å². The van der Waals surface area contributed by atoms with Gasteiger partial charge in [-0.1, -0.05) is 12.1 Å². The molecule has 0 N–H and O–H groups in total. The summed E-state index contributed by atoms with van der Waals surface area (Å²) < 4.78 is 9.45. The minimum atomic E-state index is -0.860. The average Bonchev–Trinajstić information content (AvgIpc) is 2.38. The molecule has 0 saturated carbocycles. The number of nitrogens with zero attached hydrogens (tertiary/aromatic N) is 1. The lowest BCUT2D eigenvalue weighted by Crippen LogP contribution is -2.13. The molecule has 0 saturated heterocycles. The number of para-hydroxylation sites is 1. The fourth-order valence-electron chi connectivity index (χ4n) is 1.40. The molecule has 7 heteroatoms. The first-order chi connectivity index (χ1) is 9.45. The summed E-state index contributed by atoms with van der Waals surface area (Å²) in [5.41, 5.74) is -0.0664. The number of benzene rings is 1. The third-order valence-electron chi connectivity index (χ3n) is 2.15. The zero-order valence-electron chi connectivity index (χ0n) is 11.0. The molecule has 0 bridgehead atoms. The van der Waals surface area contributed by atoms with Crippen LogP contribution in [-0.2, 0) is 19.1 Å². The van der Waals surface area contributed by atoms with Crippen LogP contribution in [0.25, 0.3) is 6.08 Å². The van der Waals surface area contributed by atoms with E-state index in [0.717, 1.165) is 13.0 Å². The Labute approximate surface area is 114 Å². The highest BCUT2D eigenvalue weighted by Crippen LogP contribution is 2.21. The zero-order valence-corrected chi connectivity index (χ0v) is 11.0. The summed E-state index contributed by atoms with van der Waals surface area (Å²) in [5, 5.41) is 10.9. The first kappa shape index (κ1) is 15.4. The molecular formula is C13H13NO6. The Morgan fingerprint density at radius 2 is 2.00 bits per heavy atom. The molecule has 0 atom stereocenters. The second kappa shape index (κ2) is 7.03. The van der Waals surface area contributed by atoms with E-state index < -0.39 is 22.6 Å². The van der Waals surface area contributed by atoms with Crippen molar-refractivity contribution in [3.63, 3.8) is 0 Å². The number of nitro groups is 1. The molecule has 7 nitrogen and oxygen atoms in total. The Kier molecular flexibility index (Phi) is 5.40. The van der Waals surface area contributed by atoms with Gasteiger partial charge in [0.1, 0.15) is 0 Å². The molecular weight excluding hydrogens is 266 g/mol. The lowest BCUT2D eigenvalue weighted by atomic mass is 10.1. The number of hydrogen-bond donors (Lipinski definition) is 0. The van der Waals surface area contributed by atoms with E-state index in [1.807, 2.05) is 0 Å². The molecule has 1 aromatic carbocycles. The Hall–Kier alpha value is -2.70. The van der Waals surface area contributed by atoms with Crippen molar-refractivity contribution in [2.45, 2.75) is 13.8 Å². The monoisotopic (exact) mass is 279 g/mol. The molecule has 0 heterocycles. The van der Waals surface area contributed by atoms with Crippen molar-refractivity contribution in [1.29, 1.82) is 0 Å². The van der Waals surface area contributed by atoms with Crippen LogP contribution in [0.5, 0.6) is 0 Å². The van der Waals surface area contributed by atoms with E-state index in [-0.39, 0.29) is 17.9 Å². The third kappa shape index (κ3) is 4.20. The first-order valence-corrected chi connectivity index (χ1v) is 5.76. The fourth-order valence-corrected chi connectivity index (χ4v) is 1.40. The van der Waals surface area contributed by atoms with Crippen LogP contribution >= 0.6 is 0 Å². The third-order valence-corrected chi connectivity index (χ3v) is 2.15. The molecule has 0 aliphatic rings. The number of carbonyl (C=O) groups excluding carboxylic acids is 2. The van der Waals surface area contributed by atoms with Gasteiger partial charge in [-0.2, -0.15) is 0 Å². The highest BCUT2D eigenvalue weighted by molar-refractivity contribution is 5.94. The van der Waals surface area contributed by atoms with Gasteiger partial charge in [0.2, 0.25) is 5.76 Å². The molecule has 0 spiro atoms. The summed E-state index contributed by atoms with van der Waals surface area (Å²) in [5.74, 6) is -1.97. The van der Waals surface area contributed by atoms with Crippen LogP contribution in [0.3, 0.4) is 0 Å². The summed E-state index contributed by atoms with van der Waals surface area (Å²) in [6, 6.07) is 5.77. The number of carbonyl (C=O) groups is 2. The van der Waals surface area contributed by atoms with Crippen LogP contribution in [0.15, 0.2) is 30.0 Å². The van der Waals surface area contributed by atoms with Crippen LogP contribution in [0, 0.1) is 10.1 Å². The van der Waals surface area contributed by atoms with Gasteiger partial charge in [-0.15, -0.1) is 0 Å². The van der Waals surface area contributed by atoms with Crippen molar-refractivity contribution in [3.05, 3.63) is 45.7 Å². The van der Waals surface area contributed by atoms with E-state index in [1.54, 1.807) is 13.0 Å². The lowest BCUT2D eigenvalue weighted by Gasteiger charge is -2.06. The highest BCUT2D eigenvalue weighted by Gasteiger charge is 2.18. The van der Waals surface area contributed by atoms with Gasteiger partial charge in [0.25, 0.3) is 5.69 Å². The summed E-state index contributed by atoms with van der Waals surface area (Å²) in [7, 11) is 0. The topological polar surface area (TPSA) is 95.7 Å². The second-order valence-electron chi connectivity index (χ2n) is 3.64. The van der Waals surface area contributed by atoms with Gasteiger partial charge in [0.15, 0.2) is 0 Å². The number of hydrogen-bond acceptors (Lipinski definition) is 6. The number of esters is 2. The van der Waals surface area contributed by atoms with Crippen molar-refractivity contribution in [2.24, 2.45) is 0 Å². The molecule has 0 fully saturated rings. The molecule has 106 valence electrons. The predicted molar refractivity (Wildman–Crippen MR) is 69.5 cm³/mol. The molecule has 20 heavy (non-hydrogen) atoms. The van der Waals surface area contributed by atoms with Gasteiger partial charge in [-0.3, -0.25) is 14.9 Å². The van der Waals surface area contributed by atoms with E-state index in [0.29, 0.717) is 0 Å². The average molecular weight is 279 g/mol. The molecule has 0 radical (unpaired) electrons.